The van der Waals surface area contributed by atoms with Crippen LogP contribution >= 0.6 is 0 Å². The Morgan fingerprint density at radius 2 is 1.90 bits per heavy atom. The lowest BCUT2D eigenvalue weighted by Gasteiger charge is -2.39. The van der Waals surface area contributed by atoms with Gasteiger partial charge in [-0.2, -0.15) is 0 Å². The smallest absolute Gasteiger partial charge is 0.322 e. The van der Waals surface area contributed by atoms with Crippen LogP contribution in [0.4, 0.5) is 21.9 Å². The van der Waals surface area contributed by atoms with E-state index in [0.717, 1.165) is 65.2 Å². The monoisotopic (exact) mass is 422 g/mol. The van der Waals surface area contributed by atoms with Crippen LogP contribution in [0, 0.1) is 19.8 Å². The third-order valence-electron chi connectivity index (χ3n) is 6.66. The number of hydrogen-bond acceptors (Lipinski definition) is 4. The summed E-state index contributed by atoms with van der Waals surface area (Å²) in [7, 11) is 1.63. The Morgan fingerprint density at radius 1 is 1.16 bits per heavy atom. The summed E-state index contributed by atoms with van der Waals surface area (Å²) in [5.41, 5.74) is 11.5. The number of rotatable bonds is 4. The van der Waals surface area contributed by atoms with Crippen LogP contribution in [0.2, 0.25) is 0 Å². The van der Waals surface area contributed by atoms with Gasteiger partial charge in [-0.25, -0.2) is 4.79 Å². The standard InChI is InChI=1S/C24H30N4O3/c1-14-4-7-17(12-22(14)31-3)26-23(29)16-5-8-18(9-6-16)28-13-19-15(2)20(25)10-11-21(19)27-24(28)30/h4,7,10-12,16,18H,5-6,8-9,13,25H2,1-3H3,(H,26,29)(H,27,30). The van der Waals surface area contributed by atoms with Gasteiger partial charge >= 0.3 is 6.03 Å². The summed E-state index contributed by atoms with van der Waals surface area (Å²) in [6.45, 7) is 4.52. The Kier molecular flexibility index (Phi) is 5.76. The minimum atomic E-state index is -0.0728. The Bertz CT molecular complexity index is 1010. The number of urea groups is 1. The van der Waals surface area contributed by atoms with Gasteiger partial charge in [-0.05, 0) is 68.9 Å². The third kappa shape index (κ3) is 4.17. The summed E-state index contributed by atoms with van der Waals surface area (Å²) < 4.78 is 5.34. The van der Waals surface area contributed by atoms with Gasteiger partial charge in [0, 0.05) is 40.7 Å². The van der Waals surface area contributed by atoms with Gasteiger partial charge in [0.05, 0.1) is 13.7 Å². The quantitative estimate of drug-likeness (QED) is 0.635. The minimum Gasteiger partial charge on any atom is -0.496 e. The molecule has 0 aromatic heterocycles. The zero-order valence-corrected chi connectivity index (χ0v) is 18.3. The molecule has 1 heterocycles. The second-order valence-corrected chi connectivity index (χ2v) is 8.54. The van der Waals surface area contributed by atoms with Gasteiger partial charge in [0.25, 0.3) is 0 Å². The van der Waals surface area contributed by atoms with Gasteiger partial charge in [-0.3, -0.25) is 4.79 Å². The van der Waals surface area contributed by atoms with Gasteiger partial charge in [0.1, 0.15) is 5.75 Å². The number of anilines is 3. The third-order valence-corrected chi connectivity index (χ3v) is 6.66. The Morgan fingerprint density at radius 3 is 2.61 bits per heavy atom. The SMILES string of the molecule is COc1cc(NC(=O)C2CCC(N3Cc4c(ccc(N)c4C)NC3=O)CC2)ccc1C. The lowest BCUT2D eigenvalue weighted by molar-refractivity contribution is -0.121. The van der Waals surface area contributed by atoms with Gasteiger partial charge in [-0.1, -0.05) is 6.07 Å². The van der Waals surface area contributed by atoms with E-state index in [0.29, 0.717) is 6.54 Å². The summed E-state index contributed by atoms with van der Waals surface area (Å²) in [4.78, 5) is 27.4. The molecule has 0 radical (unpaired) electrons. The molecule has 1 fully saturated rings. The number of benzene rings is 2. The highest BCUT2D eigenvalue weighted by molar-refractivity contribution is 5.94. The number of ether oxygens (including phenoxy) is 1. The largest absolute Gasteiger partial charge is 0.496 e. The van der Waals surface area contributed by atoms with Crippen molar-refractivity contribution in [2.24, 2.45) is 5.92 Å². The van der Waals surface area contributed by atoms with Crippen LogP contribution in [0.25, 0.3) is 0 Å². The number of nitrogens with one attached hydrogen (secondary N) is 2. The molecule has 2 aromatic carbocycles. The first-order valence-electron chi connectivity index (χ1n) is 10.8. The van der Waals surface area contributed by atoms with Crippen LogP contribution in [0.1, 0.15) is 42.4 Å². The number of aryl methyl sites for hydroxylation is 1. The lowest BCUT2D eigenvalue weighted by atomic mass is 9.84. The number of nitrogens with zero attached hydrogens (tertiary/aromatic N) is 1. The molecule has 31 heavy (non-hydrogen) atoms. The number of methoxy groups -OCH3 is 1. The molecule has 1 aliphatic carbocycles. The first-order valence-corrected chi connectivity index (χ1v) is 10.8. The van der Waals surface area contributed by atoms with Crippen molar-refractivity contribution in [2.75, 3.05) is 23.5 Å². The average Bonchev–Trinajstić information content (AvgIpc) is 2.77. The maximum Gasteiger partial charge on any atom is 0.322 e. The Balaban J connectivity index is 1.38. The van der Waals surface area contributed by atoms with Crippen molar-refractivity contribution in [1.29, 1.82) is 0 Å². The van der Waals surface area contributed by atoms with E-state index in [9.17, 15) is 9.59 Å². The van der Waals surface area contributed by atoms with Crippen molar-refractivity contribution in [3.8, 4) is 5.75 Å². The fourth-order valence-corrected chi connectivity index (χ4v) is 4.61. The molecule has 2 aromatic rings. The fourth-order valence-electron chi connectivity index (χ4n) is 4.61. The van der Waals surface area contributed by atoms with Crippen LogP contribution in [0.15, 0.2) is 30.3 Å². The number of nitrogen functional groups attached to an aromatic ring is 1. The molecule has 3 amide bonds. The van der Waals surface area contributed by atoms with Crippen LogP contribution in [0.3, 0.4) is 0 Å². The van der Waals surface area contributed by atoms with Crippen molar-refractivity contribution < 1.29 is 14.3 Å². The number of carbonyl (C=O) groups excluding carboxylic acids is 2. The topological polar surface area (TPSA) is 96.7 Å². The van der Waals surface area contributed by atoms with Crippen molar-refractivity contribution in [3.05, 3.63) is 47.0 Å². The van der Waals surface area contributed by atoms with Gasteiger partial charge in [-0.15, -0.1) is 0 Å². The number of hydrogen-bond donors (Lipinski definition) is 3. The molecule has 7 heteroatoms. The summed E-state index contributed by atoms with van der Waals surface area (Å²) in [6.07, 6.45) is 3.12. The fraction of sp³-hybridized carbons (Fsp3) is 0.417. The molecule has 164 valence electrons. The molecule has 7 nitrogen and oxygen atoms in total. The normalized spacial score (nSPS) is 20.6. The lowest BCUT2D eigenvalue weighted by Crippen LogP contribution is -2.47. The second kappa shape index (κ2) is 8.49. The van der Waals surface area contributed by atoms with Crippen molar-refractivity contribution in [1.82, 2.24) is 4.90 Å². The summed E-state index contributed by atoms with van der Waals surface area (Å²) in [5, 5.41) is 6.02. The van der Waals surface area contributed by atoms with E-state index in [1.54, 1.807) is 7.11 Å². The first kappa shape index (κ1) is 21.0. The van der Waals surface area contributed by atoms with Gasteiger partial charge in [0.2, 0.25) is 5.91 Å². The van der Waals surface area contributed by atoms with E-state index in [1.807, 2.05) is 49.1 Å². The van der Waals surface area contributed by atoms with Gasteiger partial charge in [0.15, 0.2) is 0 Å². The van der Waals surface area contributed by atoms with Crippen molar-refractivity contribution >= 4 is 29.0 Å². The Labute approximate surface area is 182 Å². The average molecular weight is 423 g/mol. The highest BCUT2D eigenvalue weighted by Gasteiger charge is 2.34. The summed E-state index contributed by atoms with van der Waals surface area (Å²) in [5.74, 6) is 0.733. The van der Waals surface area contributed by atoms with E-state index >= 15 is 0 Å². The highest BCUT2D eigenvalue weighted by Crippen LogP contribution is 2.35. The molecular weight excluding hydrogens is 392 g/mol. The Hall–Kier alpha value is -3.22. The van der Waals surface area contributed by atoms with E-state index in [1.165, 1.54) is 0 Å². The zero-order valence-electron chi connectivity index (χ0n) is 18.3. The van der Waals surface area contributed by atoms with E-state index in [4.69, 9.17) is 10.5 Å². The molecule has 4 rings (SSSR count). The van der Waals surface area contributed by atoms with Gasteiger partial charge < -0.3 is 26.0 Å². The molecule has 1 saturated carbocycles. The van der Waals surface area contributed by atoms with Crippen LogP contribution in [0.5, 0.6) is 5.75 Å². The highest BCUT2D eigenvalue weighted by atomic mass is 16.5. The number of fused-ring (bicyclic) bond motifs is 1. The van der Waals surface area contributed by atoms with E-state index in [2.05, 4.69) is 10.6 Å². The molecule has 0 unspecified atom stereocenters. The zero-order chi connectivity index (χ0) is 22.1. The molecule has 2 aliphatic rings. The molecule has 1 aliphatic heterocycles. The molecular formula is C24H30N4O3. The van der Waals surface area contributed by atoms with Crippen LogP contribution in [-0.2, 0) is 11.3 Å². The summed E-state index contributed by atoms with van der Waals surface area (Å²) >= 11 is 0. The van der Waals surface area contributed by atoms with Crippen LogP contribution in [-0.4, -0.2) is 30.0 Å². The maximum atomic E-state index is 12.8. The van der Waals surface area contributed by atoms with E-state index < -0.39 is 0 Å². The molecule has 0 saturated heterocycles. The van der Waals surface area contributed by atoms with Crippen LogP contribution < -0.4 is 21.1 Å². The van der Waals surface area contributed by atoms with Crippen molar-refractivity contribution in [3.63, 3.8) is 0 Å². The minimum absolute atomic E-state index is 0.0291. The molecule has 0 bridgehead atoms. The first-order chi connectivity index (χ1) is 14.9. The number of nitrogens with two attached hydrogens (primary N) is 1. The van der Waals surface area contributed by atoms with E-state index in [-0.39, 0.29) is 23.9 Å². The predicted molar refractivity (Wildman–Crippen MR) is 122 cm³/mol. The number of amides is 3. The maximum absolute atomic E-state index is 12.8. The molecule has 4 N–H and O–H groups in total. The van der Waals surface area contributed by atoms with Crippen molar-refractivity contribution in [2.45, 2.75) is 52.1 Å². The second-order valence-electron chi connectivity index (χ2n) is 8.54. The molecule has 0 atom stereocenters. The number of carbonyl (C=O) groups is 2. The predicted octanol–water partition coefficient (Wildman–Crippen LogP) is 4.44. The molecule has 0 spiro atoms. The summed E-state index contributed by atoms with van der Waals surface area (Å²) in [6, 6.07) is 9.43.